The Balaban J connectivity index is 1.63. The lowest BCUT2D eigenvalue weighted by Gasteiger charge is -2.22. The summed E-state index contributed by atoms with van der Waals surface area (Å²) in [6, 6.07) is 7.92. The number of halogens is 1. The van der Waals surface area contributed by atoms with Gasteiger partial charge in [0.25, 0.3) is 0 Å². The van der Waals surface area contributed by atoms with E-state index < -0.39 is 0 Å². The van der Waals surface area contributed by atoms with Gasteiger partial charge in [-0.05, 0) is 56.6 Å². The van der Waals surface area contributed by atoms with Crippen LogP contribution in [-0.2, 0) is 11.3 Å². The molecule has 0 saturated carbocycles. The molecule has 1 N–H and O–H groups in total. The lowest BCUT2D eigenvalue weighted by atomic mass is 10.1. The Kier molecular flexibility index (Phi) is 5.92. The van der Waals surface area contributed by atoms with E-state index in [9.17, 15) is 4.79 Å². The minimum atomic E-state index is -0.0452. The summed E-state index contributed by atoms with van der Waals surface area (Å²) in [5.41, 5.74) is 5.20. The average molecular weight is 389 g/mol. The van der Waals surface area contributed by atoms with Crippen molar-refractivity contribution >= 4 is 23.2 Å². The zero-order valence-electron chi connectivity index (χ0n) is 16.2. The molecule has 0 bridgehead atoms. The van der Waals surface area contributed by atoms with Crippen molar-refractivity contribution in [2.75, 3.05) is 32.1 Å². The van der Waals surface area contributed by atoms with Crippen LogP contribution in [0.25, 0.3) is 0 Å². The SMILES string of the molecule is Cc1cc(C)c(NC(=O)CN(C)Cc2cc(Cl)c3c(c2)OCCO3)c(C)c1. The largest absolute Gasteiger partial charge is 0.486 e. The van der Waals surface area contributed by atoms with Crippen LogP contribution >= 0.6 is 11.6 Å². The van der Waals surface area contributed by atoms with Crippen molar-refractivity contribution in [1.29, 1.82) is 0 Å². The van der Waals surface area contributed by atoms with Gasteiger partial charge in [-0.3, -0.25) is 9.69 Å². The molecule has 27 heavy (non-hydrogen) atoms. The van der Waals surface area contributed by atoms with Crippen molar-refractivity contribution < 1.29 is 14.3 Å². The number of rotatable bonds is 5. The predicted molar refractivity (Wildman–Crippen MR) is 108 cm³/mol. The summed E-state index contributed by atoms with van der Waals surface area (Å²) >= 11 is 6.29. The third kappa shape index (κ3) is 4.73. The van der Waals surface area contributed by atoms with Crippen molar-refractivity contribution in [3.8, 4) is 11.5 Å². The molecule has 3 rings (SSSR count). The Morgan fingerprint density at radius 1 is 1.11 bits per heavy atom. The lowest BCUT2D eigenvalue weighted by Crippen LogP contribution is -2.30. The summed E-state index contributed by atoms with van der Waals surface area (Å²) in [6.07, 6.45) is 0. The molecule has 1 aliphatic rings. The number of carbonyl (C=O) groups is 1. The smallest absolute Gasteiger partial charge is 0.238 e. The van der Waals surface area contributed by atoms with Crippen molar-refractivity contribution in [2.24, 2.45) is 0 Å². The average Bonchev–Trinajstić information content (AvgIpc) is 2.58. The number of aryl methyl sites for hydroxylation is 3. The fourth-order valence-electron chi connectivity index (χ4n) is 3.42. The van der Waals surface area contributed by atoms with Crippen molar-refractivity contribution in [3.05, 3.63) is 51.5 Å². The molecule has 0 fully saturated rings. The number of amides is 1. The van der Waals surface area contributed by atoms with Gasteiger partial charge < -0.3 is 14.8 Å². The summed E-state index contributed by atoms with van der Waals surface area (Å²) in [7, 11) is 1.90. The van der Waals surface area contributed by atoms with E-state index in [1.165, 1.54) is 5.56 Å². The van der Waals surface area contributed by atoms with Crippen LogP contribution in [0.2, 0.25) is 5.02 Å². The fourth-order valence-corrected chi connectivity index (χ4v) is 3.71. The van der Waals surface area contributed by atoms with Gasteiger partial charge in [0.2, 0.25) is 5.91 Å². The summed E-state index contributed by atoms with van der Waals surface area (Å²) in [6.45, 7) is 7.95. The molecule has 0 aliphatic carbocycles. The van der Waals surface area contributed by atoms with Crippen LogP contribution in [0.15, 0.2) is 24.3 Å². The maximum Gasteiger partial charge on any atom is 0.238 e. The summed E-state index contributed by atoms with van der Waals surface area (Å²) in [4.78, 5) is 14.4. The van der Waals surface area contributed by atoms with E-state index in [1.807, 2.05) is 37.9 Å². The Hall–Kier alpha value is -2.24. The number of fused-ring (bicyclic) bond motifs is 1. The van der Waals surface area contributed by atoms with Crippen LogP contribution < -0.4 is 14.8 Å². The molecule has 2 aromatic rings. The second-order valence-corrected chi connectivity index (χ2v) is 7.50. The molecule has 0 atom stereocenters. The highest BCUT2D eigenvalue weighted by Crippen LogP contribution is 2.38. The van der Waals surface area contributed by atoms with Crippen LogP contribution in [-0.4, -0.2) is 37.6 Å². The van der Waals surface area contributed by atoms with Crippen molar-refractivity contribution in [1.82, 2.24) is 4.90 Å². The van der Waals surface area contributed by atoms with Gasteiger partial charge in [0.1, 0.15) is 13.2 Å². The Morgan fingerprint density at radius 2 is 1.78 bits per heavy atom. The minimum Gasteiger partial charge on any atom is -0.486 e. The molecular formula is C21H25ClN2O3. The number of hydrogen-bond acceptors (Lipinski definition) is 4. The van der Waals surface area contributed by atoms with Gasteiger partial charge >= 0.3 is 0 Å². The predicted octanol–water partition coefficient (Wildman–Crippen LogP) is 4.11. The van der Waals surface area contributed by atoms with Crippen LogP contribution in [0.4, 0.5) is 5.69 Å². The van der Waals surface area contributed by atoms with E-state index in [1.54, 1.807) is 0 Å². The number of hydrogen-bond donors (Lipinski definition) is 1. The molecule has 0 aromatic heterocycles. The molecular weight excluding hydrogens is 364 g/mol. The molecule has 1 amide bonds. The number of ether oxygens (including phenoxy) is 2. The van der Waals surface area contributed by atoms with Crippen LogP contribution in [0, 0.1) is 20.8 Å². The Morgan fingerprint density at radius 3 is 2.48 bits per heavy atom. The second-order valence-electron chi connectivity index (χ2n) is 7.10. The monoisotopic (exact) mass is 388 g/mol. The van der Waals surface area contributed by atoms with Gasteiger partial charge in [-0.1, -0.05) is 29.3 Å². The molecule has 6 heteroatoms. The van der Waals surface area contributed by atoms with E-state index in [0.29, 0.717) is 36.3 Å². The van der Waals surface area contributed by atoms with Gasteiger partial charge in [0.15, 0.2) is 11.5 Å². The maximum atomic E-state index is 12.5. The second kappa shape index (κ2) is 8.19. The van der Waals surface area contributed by atoms with E-state index in [2.05, 4.69) is 24.4 Å². The maximum absolute atomic E-state index is 12.5. The zero-order valence-corrected chi connectivity index (χ0v) is 16.9. The van der Waals surface area contributed by atoms with Gasteiger partial charge in [-0.15, -0.1) is 0 Å². The molecule has 0 saturated heterocycles. The highest BCUT2D eigenvalue weighted by molar-refractivity contribution is 6.32. The molecule has 0 unspecified atom stereocenters. The summed E-state index contributed by atoms with van der Waals surface area (Å²) < 4.78 is 11.2. The number of nitrogens with zero attached hydrogens (tertiary/aromatic N) is 1. The Labute approximate surface area is 165 Å². The van der Waals surface area contributed by atoms with Gasteiger partial charge in [-0.25, -0.2) is 0 Å². The van der Waals surface area contributed by atoms with Crippen LogP contribution in [0.5, 0.6) is 11.5 Å². The topological polar surface area (TPSA) is 50.8 Å². The molecule has 5 nitrogen and oxygen atoms in total. The molecule has 2 aromatic carbocycles. The lowest BCUT2D eigenvalue weighted by molar-refractivity contribution is -0.117. The number of nitrogens with one attached hydrogen (secondary N) is 1. The van der Waals surface area contributed by atoms with E-state index >= 15 is 0 Å². The van der Waals surface area contributed by atoms with Crippen LogP contribution in [0.3, 0.4) is 0 Å². The first-order valence-electron chi connectivity index (χ1n) is 8.97. The van der Waals surface area contributed by atoms with Gasteiger partial charge in [0, 0.05) is 12.2 Å². The summed E-state index contributed by atoms with van der Waals surface area (Å²) in [5, 5.41) is 3.57. The highest BCUT2D eigenvalue weighted by atomic mass is 35.5. The molecule has 0 spiro atoms. The van der Waals surface area contributed by atoms with E-state index in [-0.39, 0.29) is 12.5 Å². The normalized spacial score (nSPS) is 13.0. The molecule has 1 aliphatic heterocycles. The number of anilines is 1. The highest BCUT2D eigenvalue weighted by Gasteiger charge is 2.18. The van der Waals surface area contributed by atoms with Crippen molar-refractivity contribution in [2.45, 2.75) is 27.3 Å². The van der Waals surface area contributed by atoms with Gasteiger partial charge in [0.05, 0.1) is 11.6 Å². The van der Waals surface area contributed by atoms with Crippen molar-refractivity contribution in [3.63, 3.8) is 0 Å². The van der Waals surface area contributed by atoms with E-state index in [4.69, 9.17) is 21.1 Å². The minimum absolute atomic E-state index is 0.0452. The third-order valence-corrected chi connectivity index (χ3v) is 4.74. The number of benzene rings is 2. The Bertz CT molecular complexity index is 844. The van der Waals surface area contributed by atoms with Gasteiger partial charge in [-0.2, -0.15) is 0 Å². The number of likely N-dealkylation sites (N-methyl/N-ethyl adjacent to an activating group) is 1. The molecule has 1 heterocycles. The first kappa shape index (κ1) is 19.5. The standard InChI is InChI=1S/C21H25ClN2O3/c1-13-7-14(2)20(15(3)8-13)23-19(25)12-24(4)11-16-9-17(22)21-18(10-16)26-5-6-27-21/h7-10H,5-6,11-12H2,1-4H3,(H,23,25). The summed E-state index contributed by atoms with van der Waals surface area (Å²) in [5.74, 6) is 1.21. The first-order chi connectivity index (χ1) is 12.8. The fraction of sp³-hybridized carbons (Fsp3) is 0.381. The molecule has 0 radical (unpaired) electrons. The van der Waals surface area contributed by atoms with E-state index in [0.717, 1.165) is 22.4 Å². The zero-order chi connectivity index (χ0) is 19.6. The quantitative estimate of drug-likeness (QED) is 0.837. The first-order valence-corrected chi connectivity index (χ1v) is 9.35. The van der Waals surface area contributed by atoms with Crippen LogP contribution in [0.1, 0.15) is 22.3 Å². The number of carbonyl (C=O) groups excluding carboxylic acids is 1. The third-order valence-electron chi connectivity index (χ3n) is 4.46. The molecule has 144 valence electrons.